The van der Waals surface area contributed by atoms with Crippen molar-refractivity contribution in [3.8, 4) is 22.5 Å². The lowest BCUT2D eigenvalue weighted by molar-refractivity contribution is -0.148. The summed E-state index contributed by atoms with van der Waals surface area (Å²) in [6, 6.07) is 29.8. The molecular formula is C31H31N7O2. The van der Waals surface area contributed by atoms with Crippen molar-refractivity contribution in [3.05, 3.63) is 109 Å². The topological polar surface area (TPSA) is 91.0 Å². The zero-order valence-electron chi connectivity index (χ0n) is 22.3. The Bertz CT molecular complexity index is 1540. The van der Waals surface area contributed by atoms with Gasteiger partial charge in [-0.15, -0.1) is 10.2 Å². The van der Waals surface area contributed by atoms with Crippen molar-refractivity contribution >= 4 is 5.97 Å². The molecule has 0 saturated carbocycles. The highest BCUT2D eigenvalue weighted by atomic mass is 16.5. The molecule has 0 bridgehead atoms. The summed E-state index contributed by atoms with van der Waals surface area (Å²) in [6.45, 7) is 1.77. The van der Waals surface area contributed by atoms with Crippen LogP contribution in [-0.2, 0) is 29.2 Å². The summed E-state index contributed by atoms with van der Waals surface area (Å²) in [7, 11) is 1.46. The van der Waals surface area contributed by atoms with Gasteiger partial charge in [-0.25, -0.2) is 0 Å². The standard InChI is InChI=1S/C31H31N7O2/c1-40-31(39)30-26(19-36-21-28(32-34-36)24-13-7-3-8-14-24)17-27(38(30)18-23-11-5-2-6-12-23)20-37-22-29(33-35-37)25-15-9-4-10-16-25/h2-16,21-22,26-27,30H,17-20H2,1H3/t26-,27+,30+/m1/s1. The van der Waals surface area contributed by atoms with E-state index in [0.717, 1.165) is 34.5 Å². The predicted octanol–water partition coefficient (Wildman–Crippen LogP) is 4.34. The molecule has 0 radical (unpaired) electrons. The summed E-state index contributed by atoms with van der Waals surface area (Å²) in [6.07, 6.45) is 4.69. The average molecular weight is 534 g/mol. The highest BCUT2D eigenvalue weighted by Gasteiger charge is 2.46. The van der Waals surface area contributed by atoms with Gasteiger partial charge in [0.15, 0.2) is 0 Å². The van der Waals surface area contributed by atoms with Crippen molar-refractivity contribution in [1.29, 1.82) is 0 Å². The summed E-state index contributed by atoms with van der Waals surface area (Å²) in [5.41, 5.74) is 4.80. The van der Waals surface area contributed by atoms with Crippen LogP contribution >= 0.6 is 0 Å². The normalized spacial score (nSPS) is 19.1. The first kappa shape index (κ1) is 25.6. The maximum Gasteiger partial charge on any atom is 0.323 e. The Kier molecular flexibility index (Phi) is 7.45. The number of rotatable bonds is 9. The smallest absolute Gasteiger partial charge is 0.323 e. The lowest BCUT2D eigenvalue weighted by Crippen LogP contribution is -2.44. The van der Waals surface area contributed by atoms with Crippen molar-refractivity contribution in [2.24, 2.45) is 5.92 Å². The van der Waals surface area contributed by atoms with Gasteiger partial charge in [0.1, 0.15) is 17.4 Å². The molecule has 6 rings (SSSR count). The monoisotopic (exact) mass is 533 g/mol. The number of methoxy groups -OCH3 is 1. The minimum Gasteiger partial charge on any atom is -0.468 e. The zero-order valence-corrected chi connectivity index (χ0v) is 22.3. The average Bonchev–Trinajstić information content (AvgIpc) is 3.74. The van der Waals surface area contributed by atoms with Gasteiger partial charge in [-0.2, -0.15) is 0 Å². The fourth-order valence-electron chi connectivity index (χ4n) is 5.65. The molecule has 9 nitrogen and oxygen atoms in total. The second-order valence-corrected chi connectivity index (χ2v) is 10.2. The number of aromatic nitrogens is 6. The van der Waals surface area contributed by atoms with E-state index in [0.29, 0.717) is 19.6 Å². The molecular weight excluding hydrogens is 502 g/mol. The van der Waals surface area contributed by atoms with Crippen LogP contribution in [0.25, 0.3) is 22.5 Å². The Balaban J connectivity index is 1.28. The Morgan fingerprint density at radius 3 is 1.85 bits per heavy atom. The quantitative estimate of drug-likeness (QED) is 0.260. The van der Waals surface area contributed by atoms with Crippen LogP contribution in [0.1, 0.15) is 12.0 Å². The molecule has 2 aromatic heterocycles. The zero-order chi connectivity index (χ0) is 27.3. The molecule has 9 heteroatoms. The molecule has 3 heterocycles. The molecule has 0 amide bonds. The Hall–Kier alpha value is -4.63. The predicted molar refractivity (Wildman–Crippen MR) is 151 cm³/mol. The van der Waals surface area contributed by atoms with E-state index in [1.807, 2.05) is 101 Å². The van der Waals surface area contributed by atoms with Crippen LogP contribution < -0.4 is 0 Å². The lowest BCUT2D eigenvalue weighted by Gasteiger charge is -2.29. The van der Waals surface area contributed by atoms with E-state index in [2.05, 4.69) is 37.7 Å². The number of carbonyl (C=O) groups is 1. The number of esters is 1. The van der Waals surface area contributed by atoms with Crippen molar-refractivity contribution in [2.75, 3.05) is 7.11 Å². The van der Waals surface area contributed by atoms with Crippen LogP contribution in [0.3, 0.4) is 0 Å². The number of hydrogen-bond donors (Lipinski definition) is 0. The van der Waals surface area contributed by atoms with Crippen molar-refractivity contribution in [2.45, 2.75) is 38.1 Å². The number of carbonyl (C=O) groups excluding carboxylic acids is 1. The third-order valence-electron chi connectivity index (χ3n) is 7.53. The first-order valence-electron chi connectivity index (χ1n) is 13.5. The minimum atomic E-state index is -0.434. The summed E-state index contributed by atoms with van der Waals surface area (Å²) in [4.78, 5) is 15.5. The molecule has 3 aromatic carbocycles. The van der Waals surface area contributed by atoms with Crippen LogP contribution in [0.2, 0.25) is 0 Å². The van der Waals surface area contributed by atoms with Crippen molar-refractivity contribution in [3.63, 3.8) is 0 Å². The largest absolute Gasteiger partial charge is 0.468 e. The first-order valence-corrected chi connectivity index (χ1v) is 13.5. The molecule has 1 aliphatic heterocycles. The number of benzene rings is 3. The van der Waals surface area contributed by atoms with Crippen molar-refractivity contribution in [1.82, 2.24) is 34.9 Å². The van der Waals surface area contributed by atoms with E-state index in [-0.39, 0.29) is 17.9 Å². The molecule has 0 N–H and O–H groups in total. The third kappa shape index (κ3) is 5.55. The maximum atomic E-state index is 13.3. The van der Waals surface area contributed by atoms with Crippen LogP contribution in [0.4, 0.5) is 0 Å². The van der Waals surface area contributed by atoms with Gasteiger partial charge in [-0.1, -0.05) is 101 Å². The second kappa shape index (κ2) is 11.6. The fourth-order valence-corrected chi connectivity index (χ4v) is 5.65. The van der Waals surface area contributed by atoms with Gasteiger partial charge in [0, 0.05) is 36.2 Å². The van der Waals surface area contributed by atoms with Crippen LogP contribution in [-0.4, -0.2) is 60.1 Å². The molecule has 1 saturated heterocycles. The highest BCUT2D eigenvalue weighted by Crippen LogP contribution is 2.35. The first-order chi connectivity index (χ1) is 19.7. The molecule has 0 aliphatic carbocycles. The second-order valence-electron chi connectivity index (χ2n) is 10.2. The Morgan fingerprint density at radius 1 is 0.775 bits per heavy atom. The molecule has 5 aromatic rings. The Morgan fingerprint density at radius 2 is 1.30 bits per heavy atom. The van der Waals surface area contributed by atoms with E-state index < -0.39 is 6.04 Å². The Labute approximate surface area is 233 Å². The SMILES string of the molecule is COC(=O)[C@@H]1[C@@H](Cn2cc(-c3ccccc3)nn2)C[C@@H](Cn2cc(-c3ccccc3)nn2)N1Cc1ccccc1. The molecule has 202 valence electrons. The van der Waals surface area contributed by atoms with Gasteiger partial charge in [0.05, 0.1) is 26.0 Å². The minimum absolute atomic E-state index is 0.0244. The van der Waals surface area contributed by atoms with Gasteiger partial charge < -0.3 is 4.74 Å². The molecule has 1 aliphatic rings. The molecule has 3 atom stereocenters. The van der Waals surface area contributed by atoms with Crippen LogP contribution in [0.5, 0.6) is 0 Å². The van der Waals surface area contributed by atoms with Gasteiger partial charge in [0.2, 0.25) is 0 Å². The molecule has 0 unspecified atom stereocenters. The summed E-state index contributed by atoms with van der Waals surface area (Å²) in [5.74, 6) is -0.265. The molecule has 40 heavy (non-hydrogen) atoms. The van der Waals surface area contributed by atoms with Crippen LogP contribution in [0, 0.1) is 5.92 Å². The summed E-state index contributed by atoms with van der Waals surface area (Å²) >= 11 is 0. The number of ether oxygens (including phenoxy) is 1. The number of nitrogens with zero attached hydrogens (tertiary/aromatic N) is 7. The van der Waals surface area contributed by atoms with E-state index >= 15 is 0 Å². The third-order valence-corrected chi connectivity index (χ3v) is 7.53. The summed E-state index contributed by atoms with van der Waals surface area (Å²) < 4.78 is 9.07. The van der Waals surface area contributed by atoms with Gasteiger partial charge >= 0.3 is 5.97 Å². The van der Waals surface area contributed by atoms with E-state index in [9.17, 15) is 4.79 Å². The maximum absolute atomic E-state index is 13.3. The van der Waals surface area contributed by atoms with E-state index in [4.69, 9.17) is 4.74 Å². The van der Waals surface area contributed by atoms with Crippen molar-refractivity contribution < 1.29 is 9.53 Å². The van der Waals surface area contributed by atoms with Gasteiger partial charge in [-0.3, -0.25) is 19.1 Å². The van der Waals surface area contributed by atoms with Gasteiger partial charge in [0.25, 0.3) is 0 Å². The highest BCUT2D eigenvalue weighted by molar-refractivity contribution is 5.76. The fraction of sp³-hybridized carbons (Fsp3) is 0.258. The summed E-state index contributed by atoms with van der Waals surface area (Å²) in [5, 5.41) is 17.6. The molecule has 1 fully saturated rings. The number of hydrogen-bond acceptors (Lipinski definition) is 7. The number of likely N-dealkylation sites (tertiary alicyclic amines) is 1. The molecule has 0 spiro atoms. The van der Waals surface area contributed by atoms with Crippen LogP contribution in [0.15, 0.2) is 103 Å². The van der Waals surface area contributed by atoms with Gasteiger partial charge in [-0.05, 0) is 12.0 Å². The van der Waals surface area contributed by atoms with E-state index in [1.54, 1.807) is 0 Å². The van der Waals surface area contributed by atoms with E-state index in [1.165, 1.54) is 7.11 Å². The lowest BCUT2D eigenvalue weighted by atomic mass is 9.98.